The first-order valence-corrected chi connectivity index (χ1v) is 8.64. The minimum atomic E-state index is 0. The molecule has 0 nitrogen and oxygen atoms in total. The molecule has 2 heteroatoms. The Hall–Kier alpha value is -1.17. The van der Waals surface area contributed by atoms with Crippen molar-refractivity contribution in [2.75, 3.05) is 0 Å². The van der Waals surface area contributed by atoms with E-state index in [4.69, 9.17) is 0 Å². The van der Waals surface area contributed by atoms with Crippen LogP contribution in [0.3, 0.4) is 0 Å². The van der Waals surface area contributed by atoms with Crippen molar-refractivity contribution in [3.05, 3.63) is 109 Å². The second-order valence-electron chi connectivity index (χ2n) is 6.31. The maximum Gasteiger partial charge on any atom is 0 e. The van der Waals surface area contributed by atoms with Crippen molar-refractivity contribution in [3.8, 4) is 22.3 Å². The van der Waals surface area contributed by atoms with Gasteiger partial charge in [-0.05, 0) is 0 Å². The molecule has 0 saturated carbocycles. The van der Waals surface area contributed by atoms with Gasteiger partial charge in [-0.3, -0.25) is 23.3 Å². The Kier molecular flexibility index (Phi) is 7.35. The van der Waals surface area contributed by atoms with Gasteiger partial charge in [-0.1, -0.05) is 47.2 Å². The minimum absolute atomic E-state index is 0. The maximum absolute atomic E-state index is 3.50. The molecule has 28 heavy (non-hydrogen) atoms. The minimum Gasteiger partial charge on any atom is -0.360 e. The molecule has 0 bridgehead atoms. The SMILES string of the molecule is [Y].[Y].[c-]1ccc(-c2[c-]c3ccccc3cc2)[c-]c1-c1[c-]c2ccccc2cc1. The fraction of sp³-hybridized carbons (Fsp3) is 0. The summed E-state index contributed by atoms with van der Waals surface area (Å²) in [6.45, 7) is 0. The van der Waals surface area contributed by atoms with Crippen molar-refractivity contribution in [2.45, 2.75) is 0 Å². The van der Waals surface area contributed by atoms with Crippen molar-refractivity contribution in [1.29, 1.82) is 0 Å². The Morgan fingerprint density at radius 1 is 0.464 bits per heavy atom. The van der Waals surface area contributed by atoms with Gasteiger partial charge >= 0.3 is 0 Å². The van der Waals surface area contributed by atoms with Crippen molar-refractivity contribution in [2.24, 2.45) is 0 Å². The summed E-state index contributed by atoms with van der Waals surface area (Å²) in [6, 6.07) is 42.7. The average molecular weight is 504 g/mol. The van der Waals surface area contributed by atoms with E-state index in [9.17, 15) is 0 Å². The van der Waals surface area contributed by atoms with Crippen molar-refractivity contribution >= 4 is 21.5 Å². The summed E-state index contributed by atoms with van der Waals surface area (Å²) >= 11 is 0. The molecular weight excluding hydrogens is 490 g/mol. The second kappa shape index (κ2) is 9.55. The van der Waals surface area contributed by atoms with E-state index in [2.05, 4.69) is 72.8 Å². The molecule has 0 saturated heterocycles. The zero-order chi connectivity index (χ0) is 17.3. The van der Waals surface area contributed by atoms with Crippen LogP contribution in [-0.4, -0.2) is 0 Å². The molecule has 0 aromatic heterocycles. The van der Waals surface area contributed by atoms with Crippen LogP contribution in [0.15, 0.2) is 84.9 Å². The van der Waals surface area contributed by atoms with Gasteiger partial charge in [-0.25, -0.2) is 12.1 Å². The molecule has 0 amide bonds. The van der Waals surface area contributed by atoms with Crippen LogP contribution in [0.2, 0.25) is 0 Å². The van der Waals surface area contributed by atoms with Crippen LogP contribution in [-0.2, 0) is 65.4 Å². The summed E-state index contributed by atoms with van der Waals surface area (Å²) in [5, 5.41) is 4.61. The summed E-state index contributed by atoms with van der Waals surface area (Å²) in [6.07, 6.45) is 0. The normalized spacial score (nSPS) is 10.3. The van der Waals surface area contributed by atoms with Gasteiger partial charge in [0.25, 0.3) is 0 Å². The predicted molar refractivity (Wildman–Crippen MR) is 108 cm³/mol. The van der Waals surface area contributed by atoms with Gasteiger partial charge in [0, 0.05) is 65.4 Å². The molecule has 0 aliphatic rings. The summed E-state index contributed by atoms with van der Waals surface area (Å²) in [4.78, 5) is 0. The van der Waals surface area contributed by atoms with E-state index >= 15 is 0 Å². The van der Waals surface area contributed by atoms with Crippen LogP contribution in [0.5, 0.6) is 0 Å². The van der Waals surface area contributed by atoms with Gasteiger partial charge < -0.3 is 17.7 Å². The molecule has 0 spiro atoms. The molecule has 5 aromatic carbocycles. The first kappa shape index (κ1) is 21.5. The monoisotopic (exact) mass is 504 g/mol. The fourth-order valence-electron chi connectivity index (χ4n) is 3.26. The third-order valence-electron chi connectivity index (χ3n) is 4.62. The maximum atomic E-state index is 3.50. The van der Waals surface area contributed by atoms with Crippen molar-refractivity contribution < 1.29 is 65.4 Å². The van der Waals surface area contributed by atoms with E-state index in [1.54, 1.807) is 0 Å². The fourth-order valence-corrected chi connectivity index (χ4v) is 3.26. The largest absolute Gasteiger partial charge is 0.360 e. The molecular formula is C26H14Y2-4. The molecule has 0 aliphatic carbocycles. The number of rotatable bonds is 2. The summed E-state index contributed by atoms with van der Waals surface area (Å²) in [5.74, 6) is 0. The van der Waals surface area contributed by atoms with E-state index < -0.39 is 0 Å². The quantitative estimate of drug-likeness (QED) is 0.240. The van der Waals surface area contributed by atoms with Crippen LogP contribution in [0, 0.1) is 24.3 Å². The van der Waals surface area contributed by atoms with Crippen LogP contribution in [0.4, 0.5) is 0 Å². The Labute approximate surface area is 216 Å². The molecule has 5 aromatic rings. The topological polar surface area (TPSA) is 0 Å². The van der Waals surface area contributed by atoms with E-state index in [-0.39, 0.29) is 65.4 Å². The predicted octanol–water partition coefficient (Wildman–Crippen LogP) is 6.52. The molecule has 2 radical (unpaired) electrons. The molecule has 0 aliphatic heterocycles. The molecule has 0 heterocycles. The Balaban J connectivity index is 0.00000112. The van der Waals surface area contributed by atoms with E-state index in [1.165, 1.54) is 10.8 Å². The van der Waals surface area contributed by atoms with E-state index in [0.29, 0.717) is 0 Å². The average Bonchev–Trinajstić information content (AvgIpc) is 2.73. The molecule has 0 fully saturated rings. The zero-order valence-electron chi connectivity index (χ0n) is 15.2. The van der Waals surface area contributed by atoms with Gasteiger partial charge in [-0.2, -0.15) is 5.56 Å². The van der Waals surface area contributed by atoms with Gasteiger partial charge in [0.15, 0.2) is 0 Å². The first-order valence-electron chi connectivity index (χ1n) is 8.64. The van der Waals surface area contributed by atoms with E-state index in [1.807, 2.05) is 36.4 Å². The molecule has 128 valence electrons. The summed E-state index contributed by atoms with van der Waals surface area (Å²) < 4.78 is 0. The Morgan fingerprint density at radius 3 is 1.68 bits per heavy atom. The van der Waals surface area contributed by atoms with Crippen LogP contribution in [0.1, 0.15) is 0 Å². The Bertz CT molecular complexity index is 1150. The van der Waals surface area contributed by atoms with Crippen molar-refractivity contribution in [1.82, 2.24) is 0 Å². The third kappa shape index (κ3) is 4.36. The van der Waals surface area contributed by atoms with Gasteiger partial charge in [0.2, 0.25) is 0 Å². The molecule has 5 rings (SSSR count). The standard InChI is InChI=1S/C26H14.2Y/c1-3-8-21-16-25(14-12-19(21)6-1)23-10-5-11-24(18-23)26-15-13-20-7-2-4-9-22(20)17-26;;/h1-10,12-15H;;/q-4;;. The van der Waals surface area contributed by atoms with Gasteiger partial charge in [0.05, 0.1) is 0 Å². The first-order chi connectivity index (χ1) is 12.9. The molecule has 0 unspecified atom stereocenters. The molecule has 0 atom stereocenters. The van der Waals surface area contributed by atoms with Crippen LogP contribution < -0.4 is 0 Å². The number of fused-ring (bicyclic) bond motifs is 2. The summed E-state index contributed by atoms with van der Waals surface area (Å²) in [7, 11) is 0. The Morgan fingerprint density at radius 2 is 1.00 bits per heavy atom. The van der Waals surface area contributed by atoms with Crippen LogP contribution in [0.25, 0.3) is 43.8 Å². The molecule has 0 N–H and O–H groups in total. The third-order valence-corrected chi connectivity index (χ3v) is 4.62. The summed E-state index contributed by atoms with van der Waals surface area (Å²) in [5.41, 5.74) is 3.99. The second-order valence-corrected chi connectivity index (χ2v) is 6.31. The van der Waals surface area contributed by atoms with Gasteiger partial charge in [-0.15, -0.1) is 47.2 Å². The number of hydrogen-bond acceptors (Lipinski definition) is 0. The number of hydrogen-bond donors (Lipinski definition) is 0. The van der Waals surface area contributed by atoms with Crippen LogP contribution >= 0.6 is 0 Å². The smallest absolute Gasteiger partial charge is 0 e. The number of benzene rings is 5. The van der Waals surface area contributed by atoms with E-state index in [0.717, 1.165) is 33.0 Å². The van der Waals surface area contributed by atoms with Gasteiger partial charge in [0.1, 0.15) is 0 Å². The zero-order valence-corrected chi connectivity index (χ0v) is 20.9. The van der Waals surface area contributed by atoms with Crippen molar-refractivity contribution in [3.63, 3.8) is 0 Å².